The van der Waals surface area contributed by atoms with Crippen LogP contribution < -0.4 is 5.32 Å². The van der Waals surface area contributed by atoms with Crippen molar-refractivity contribution in [1.82, 2.24) is 10.2 Å². The highest BCUT2D eigenvalue weighted by Crippen LogP contribution is 2.11. The summed E-state index contributed by atoms with van der Waals surface area (Å²) in [4.78, 5) is 13.3. The Balaban J connectivity index is 2.53. The second kappa shape index (κ2) is 4.47. The lowest BCUT2D eigenvalue weighted by Gasteiger charge is -2.20. The molecule has 0 spiro atoms. The molecule has 0 radical (unpaired) electrons. The molecule has 1 rings (SSSR count). The largest absolute Gasteiger partial charge is 0.344 e. The SMILES string of the molecule is C#CC(NC1CCN(C)C1=O)C(C)C. The van der Waals surface area contributed by atoms with Gasteiger partial charge in [-0.05, 0) is 12.3 Å². The quantitative estimate of drug-likeness (QED) is 0.662. The zero-order chi connectivity index (χ0) is 10.7. The average molecular weight is 194 g/mol. The van der Waals surface area contributed by atoms with Crippen molar-refractivity contribution in [2.75, 3.05) is 13.6 Å². The Morgan fingerprint density at radius 2 is 2.29 bits per heavy atom. The van der Waals surface area contributed by atoms with E-state index in [2.05, 4.69) is 25.1 Å². The normalized spacial score (nSPS) is 24.1. The predicted molar refractivity (Wildman–Crippen MR) is 56.6 cm³/mol. The second-order valence-electron chi connectivity index (χ2n) is 4.16. The molecule has 1 saturated heterocycles. The van der Waals surface area contributed by atoms with Crippen molar-refractivity contribution in [2.45, 2.75) is 32.4 Å². The highest BCUT2D eigenvalue weighted by molar-refractivity contribution is 5.83. The number of amides is 1. The maximum atomic E-state index is 11.6. The number of likely N-dealkylation sites (tertiary alicyclic amines) is 1. The molecule has 0 aromatic carbocycles. The van der Waals surface area contributed by atoms with Crippen molar-refractivity contribution in [2.24, 2.45) is 5.92 Å². The summed E-state index contributed by atoms with van der Waals surface area (Å²) < 4.78 is 0. The molecule has 1 aliphatic heterocycles. The van der Waals surface area contributed by atoms with E-state index in [1.807, 2.05) is 7.05 Å². The lowest BCUT2D eigenvalue weighted by Crippen LogP contribution is -2.44. The summed E-state index contributed by atoms with van der Waals surface area (Å²) in [5.74, 6) is 3.20. The standard InChI is InChI=1S/C11H18N2O/c1-5-9(8(2)3)12-10-6-7-13(4)11(10)14/h1,8-10,12H,6-7H2,2-4H3. The Hall–Kier alpha value is -1.01. The number of rotatable bonds is 3. The Bertz CT molecular complexity index is 255. The van der Waals surface area contributed by atoms with Crippen LogP contribution >= 0.6 is 0 Å². The van der Waals surface area contributed by atoms with E-state index in [0.717, 1.165) is 13.0 Å². The third kappa shape index (κ3) is 2.27. The Labute approximate surface area is 85.9 Å². The summed E-state index contributed by atoms with van der Waals surface area (Å²) in [6.07, 6.45) is 6.26. The number of hydrogen-bond donors (Lipinski definition) is 1. The first-order valence-corrected chi connectivity index (χ1v) is 5.03. The highest BCUT2D eigenvalue weighted by Gasteiger charge is 2.30. The van der Waals surface area contributed by atoms with Gasteiger partial charge in [0, 0.05) is 13.6 Å². The summed E-state index contributed by atoms with van der Waals surface area (Å²) in [6.45, 7) is 4.94. The van der Waals surface area contributed by atoms with Gasteiger partial charge in [-0.15, -0.1) is 6.42 Å². The summed E-state index contributed by atoms with van der Waals surface area (Å²) in [5.41, 5.74) is 0. The lowest BCUT2D eigenvalue weighted by atomic mass is 10.0. The molecular weight excluding hydrogens is 176 g/mol. The maximum absolute atomic E-state index is 11.6. The fourth-order valence-corrected chi connectivity index (χ4v) is 1.63. The summed E-state index contributed by atoms with van der Waals surface area (Å²) in [7, 11) is 1.82. The number of carbonyl (C=O) groups is 1. The highest BCUT2D eigenvalue weighted by atomic mass is 16.2. The number of carbonyl (C=O) groups excluding carboxylic acids is 1. The summed E-state index contributed by atoms with van der Waals surface area (Å²) in [5, 5.41) is 3.22. The van der Waals surface area contributed by atoms with E-state index < -0.39 is 0 Å². The third-order valence-corrected chi connectivity index (χ3v) is 2.65. The first-order valence-electron chi connectivity index (χ1n) is 5.03. The maximum Gasteiger partial charge on any atom is 0.239 e. The minimum atomic E-state index is -0.0801. The van der Waals surface area contributed by atoms with Gasteiger partial charge < -0.3 is 4.90 Å². The van der Waals surface area contributed by atoms with Crippen molar-refractivity contribution in [3.05, 3.63) is 0 Å². The Morgan fingerprint density at radius 1 is 1.64 bits per heavy atom. The molecule has 0 aromatic rings. The van der Waals surface area contributed by atoms with E-state index >= 15 is 0 Å². The molecule has 1 heterocycles. The summed E-state index contributed by atoms with van der Waals surface area (Å²) in [6, 6.07) is -0.0844. The fraction of sp³-hybridized carbons (Fsp3) is 0.727. The molecule has 1 N–H and O–H groups in total. The molecule has 0 aliphatic carbocycles. The minimum absolute atomic E-state index is 0.00421. The smallest absolute Gasteiger partial charge is 0.239 e. The van der Waals surface area contributed by atoms with Crippen LogP contribution in [-0.4, -0.2) is 36.5 Å². The van der Waals surface area contributed by atoms with Crippen LogP contribution in [0.25, 0.3) is 0 Å². The first-order chi connectivity index (χ1) is 6.56. The number of nitrogens with one attached hydrogen (secondary N) is 1. The zero-order valence-corrected chi connectivity index (χ0v) is 9.08. The van der Waals surface area contributed by atoms with Crippen molar-refractivity contribution >= 4 is 5.91 Å². The monoisotopic (exact) mass is 194 g/mol. The lowest BCUT2D eigenvalue weighted by molar-refractivity contribution is -0.128. The van der Waals surface area contributed by atoms with Gasteiger partial charge in [-0.1, -0.05) is 19.8 Å². The molecule has 1 aliphatic rings. The second-order valence-corrected chi connectivity index (χ2v) is 4.16. The van der Waals surface area contributed by atoms with Crippen LogP contribution in [0.2, 0.25) is 0 Å². The molecule has 0 aromatic heterocycles. The van der Waals surface area contributed by atoms with Crippen molar-refractivity contribution < 1.29 is 4.79 Å². The third-order valence-electron chi connectivity index (χ3n) is 2.65. The Kier molecular flexibility index (Phi) is 3.54. The van der Waals surface area contributed by atoms with Crippen molar-refractivity contribution in [1.29, 1.82) is 0 Å². The van der Waals surface area contributed by atoms with Gasteiger partial charge in [0.1, 0.15) is 0 Å². The van der Waals surface area contributed by atoms with Crippen LogP contribution in [0.15, 0.2) is 0 Å². The van der Waals surface area contributed by atoms with Gasteiger partial charge in [0.25, 0.3) is 0 Å². The van der Waals surface area contributed by atoms with E-state index in [4.69, 9.17) is 6.42 Å². The molecule has 78 valence electrons. The number of terminal acetylenes is 1. The molecule has 0 bridgehead atoms. The van der Waals surface area contributed by atoms with Gasteiger partial charge >= 0.3 is 0 Å². The van der Waals surface area contributed by atoms with Crippen LogP contribution in [0.1, 0.15) is 20.3 Å². The van der Waals surface area contributed by atoms with E-state index in [0.29, 0.717) is 5.92 Å². The molecule has 1 fully saturated rings. The van der Waals surface area contributed by atoms with E-state index in [9.17, 15) is 4.79 Å². The van der Waals surface area contributed by atoms with E-state index in [1.165, 1.54) is 0 Å². The van der Waals surface area contributed by atoms with Gasteiger partial charge in [-0.2, -0.15) is 0 Å². The van der Waals surface area contributed by atoms with Gasteiger partial charge in [0.15, 0.2) is 0 Å². The molecule has 2 unspecified atom stereocenters. The van der Waals surface area contributed by atoms with Gasteiger partial charge in [0.2, 0.25) is 5.91 Å². The first kappa shape index (κ1) is 11.1. The van der Waals surface area contributed by atoms with Gasteiger partial charge in [-0.25, -0.2) is 0 Å². The molecule has 14 heavy (non-hydrogen) atoms. The topological polar surface area (TPSA) is 32.3 Å². The predicted octanol–water partition coefficient (Wildman–Crippen LogP) is 0.464. The fourth-order valence-electron chi connectivity index (χ4n) is 1.63. The zero-order valence-electron chi connectivity index (χ0n) is 9.08. The van der Waals surface area contributed by atoms with Crippen molar-refractivity contribution in [3.8, 4) is 12.3 Å². The van der Waals surface area contributed by atoms with Crippen LogP contribution in [0.5, 0.6) is 0 Å². The summed E-state index contributed by atoms with van der Waals surface area (Å²) >= 11 is 0. The number of hydrogen-bond acceptors (Lipinski definition) is 2. The molecule has 0 saturated carbocycles. The molecule has 1 amide bonds. The van der Waals surface area contributed by atoms with Crippen LogP contribution in [0, 0.1) is 18.3 Å². The number of likely N-dealkylation sites (N-methyl/N-ethyl adjacent to an activating group) is 1. The van der Waals surface area contributed by atoms with Crippen molar-refractivity contribution in [3.63, 3.8) is 0 Å². The molecular formula is C11H18N2O. The average Bonchev–Trinajstić information content (AvgIpc) is 2.44. The van der Waals surface area contributed by atoms with Gasteiger partial charge in [0.05, 0.1) is 12.1 Å². The van der Waals surface area contributed by atoms with Gasteiger partial charge in [-0.3, -0.25) is 10.1 Å². The Morgan fingerprint density at radius 3 is 2.64 bits per heavy atom. The minimum Gasteiger partial charge on any atom is -0.344 e. The van der Waals surface area contributed by atoms with Crippen LogP contribution in [0.3, 0.4) is 0 Å². The number of nitrogens with zero attached hydrogens (tertiary/aromatic N) is 1. The molecule has 2 atom stereocenters. The van der Waals surface area contributed by atoms with E-state index in [1.54, 1.807) is 4.90 Å². The van der Waals surface area contributed by atoms with Crippen LogP contribution in [-0.2, 0) is 4.79 Å². The molecule has 3 heteroatoms. The van der Waals surface area contributed by atoms with Crippen LogP contribution in [0.4, 0.5) is 0 Å². The molecule has 3 nitrogen and oxygen atoms in total. The van der Waals surface area contributed by atoms with E-state index in [-0.39, 0.29) is 18.0 Å².